The van der Waals surface area contributed by atoms with E-state index in [4.69, 9.17) is 10.5 Å². The first kappa shape index (κ1) is 20.6. The van der Waals surface area contributed by atoms with Crippen LogP contribution in [-0.2, 0) is 21.3 Å². The Labute approximate surface area is 155 Å². The van der Waals surface area contributed by atoms with Crippen LogP contribution in [0.15, 0.2) is 0 Å². The van der Waals surface area contributed by atoms with Crippen molar-refractivity contribution < 1.29 is 13.2 Å². The molecule has 0 fully saturated rings. The monoisotopic (exact) mass is 383 g/mol. The number of nitrogen functional groups attached to an aromatic ring is 1. The number of sulfonamides is 1. The summed E-state index contributed by atoms with van der Waals surface area (Å²) in [7, 11) is -0.0570. The zero-order valence-corrected chi connectivity index (χ0v) is 17.0. The molecule has 0 radical (unpaired) electrons. The van der Waals surface area contributed by atoms with Crippen molar-refractivity contribution in [3.63, 3.8) is 0 Å². The maximum atomic E-state index is 11.5. The number of fused-ring (bicyclic) bond motifs is 1. The fourth-order valence-corrected chi connectivity index (χ4v) is 3.79. The van der Waals surface area contributed by atoms with Gasteiger partial charge in [-0.05, 0) is 46.2 Å². The van der Waals surface area contributed by atoms with E-state index < -0.39 is 10.0 Å². The van der Waals surface area contributed by atoms with Crippen LogP contribution in [0, 0.1) is 13.8 Å². The number of unbranched alkanes of at least 4 members (excludes halogenated alkanes) is 2. The standard InChI is InChI=1S/C17H29N5O3S/c1-11-12(2)20-16(18)14-15(11)22(17(21-14)13(3)25-5)9-7-6-8-10-26(23,24)19-4/h13,19H,6-10H2,1-5H3,(H2,18,20). The molecule has 146 valence electrons. The van der Waals surface area contributed by atoms with Gasteiger partial charge >= 0.3 is 0 Å². The Hall–Kier alpha value is -1.71. The van der Waals surface area contributed by atoms with Crippen molar-refractivity contribution in [3.8, 4) is 0 Å². The molecule has 2 aromatic heterocycles. The van der Waals surface area contributed by atoms with Crippen LogP contribution in [0.5, 0.6) is 0 Å². The molecule has 3 N–H and O–H groups in total. The van der Waals surface area contributed by atoms with Crippen LogP contribution < -0.4 is 10.5 Å². The molecule has 0 spiro atoms. The minimum Gasteiger partial charge on any atom is -0.382 e. The Morgan fingerprint density at radius 2 is 1.92 bits per heavy atom. The first-order valence-electron chi connectivity index (χ1n) is 8.78. The quantitative estimate of drug-likeness (QED) is 0.641. The molecular formula is C17H29N5O3S. The maximum absolute atomic E-state index is 11.5. The molecule has 0 aliphatic rings. The summed E-state index contributed by atoms with van der Waals surface area (Å²) in [4.78, 5) is 9.06. The van der Waals surface area contributed by atoms with Crippen molar-refractivity contribution in [2.45, 2.75) is 52.7 Å². The van der Waals surface area contributed by atoms with Gasteiger partial charge in [-0.25, -0.2) is 23.1 Å². The Morgan fingerprint density at radius 3 is 2.54 bits per heavy atom. The number of hydrogen-bond acceptors (Lipinski definition) is 6. The van der Waals surface area contributed by atoms with Gasteiger partial charge in [0.15, 0.2) is 5.82 Å². The molecule has 0 saturated heterocycles. The highest BCUT2D eigenvalue weighted by molar-refractivity contribution is 7.89. The molecule has 1 atom stereocenters. The van der Waals surface area contributed by atoms with E-state index in [1.54, 1.807) is 7.11 Å². The van der Waals surface area contributed by atoms with Crippen LogP contribution >= 0.6 is 0 Å². The van der Waals surface area contributed by atoms with Gasteiger partial charge in [0.2, 0.25) is 10.0 Å². The second-order valence-corrected chi connectivity index (χ2v) is 8.53. The number of anilines is 1. The maximum Gasteiger partial charge on any atom is 0.211 e. The molecule has 2 rings (SSSR count). The smallest absolute Gasteiger partial charge is 0.211 e. The minimum atomic E-state index is -3.15. The van der Waals surface area contributed by atoms with Gasteiger partial charge in [0, 0.05) is 19.3 Å². The van der Waals surface area contributed by atoms with Crippen LogP contribution in [0.25, 0.3) is 11.0 Å². The van der Waals surface area contributed by atoms with E-state index >= 15 is 0 Å². The number of nitrogens with zero attached hydrogens (tertiary/aromatic N) is 3. The number of ether oxygens (including phenoxy) is 1. The highest BCUT2D eigenvalue weighted by Gasteiger charge is 2.20. The lowest BCUT2D eigenvalue weighted by Gasteiger charge is -2.15. The molecule has 0 amide bonds. The van der Waals surface area contributed by atoms with E-state index in [1.165, 1.54) is 7.05 Å². The van der Waals surface area contributed by atoms with Gasteiger partial charge in [0.05, 0.1) is 11.3 Å². The van der Waals surface area contributed by atoms with Gasteiger partial charge in [0.1, 0.15) is 17.4 Å². The predicted molar refractivity (Wildman–Crippen MR) is 104 cm³/mol. The van der Waals surface area contributed by atoms with E-state index in [1.807, 2.05) is 20.8 Å². The lowest BCUT2D eigenvalue weighted by molar-refractivity contribution is 0.109. The summed E-state index contributed by atoms with van der Waals surface area (Å²) in [5.74, 6) is 1.38. The normalized spacial score (nSPS) is 13.4. The topological polar surface area (TPSA) is 112 Å². The first-order chi connectivity index (χ1) is 12.2. The third-order valence-corrected chi connectivity index (χ3v) is 6.20. The Balaban J connectivity index is 2.27. The number of aryl methyl sites for hydroxylation is 3. The molecule has 2 heterocycles. The number of hydrogen-bond donors (Lipinski definition) is 2. The van der Waals surface area contributed by atoms with E-state index in [2.05, 4.69) is 19.3 Å². The molecule has 2 aromatic rings. The molecular weight excluding hydrogens is 354 g/mol. The van der Waals surface area contributed by atoms with Crippen LogP contribution in [-0.4, -0.2) is 42.9 Å². The van der Waals surface area contributed by atoms with Gasteiger partial charge < -0.3 is 15.0 Å². The van der Waals surface area contributed by atoms with E-state index in [0.29, 0.717) is 17.8 Å². The third-order valence-electron chi connectivity index (χ3n) is 4.75. The van der Waals surface area contributed by atoms with Gasteiger partial charge in [-0.1, -0.05) is 6.42 Å². The number of nitrogens with one attached hydrogen (secondary N) is 1. The van der Waals surface area contributed by atoms with Gasteiger partial charge in [-0.2, -0.15) is 0 Å². The number of imidazole rings is 1. The number of pyridine rings is 1. The van der Waals surface area contributed by atoms with E-state index in [9.17, 15) is 8.42 Å². The van der Waals surface area contributed by atoms with Crippen molar-refractivity contribution in [2.75, 3.05) is 25.6 Å². The summed E-state index contributed by atoms with van der Waals surface area (Å²) in [6, 6.07) is 0. The summed E-state index contributed by atoms with van der Waals surface area (Å²) in [5, 5.41) is 0. The van der Waals surface area contributed by atoms with Crippen molar-refractivity contribution in [1.82, 2.24) is 19.3 Å². The van der Waals surface area contributed by atoms with Crippen molar-refractivity contribution in [2.24, 2.45) is 0 Å². The van der Waals surface area contributed by atoms with Crippen molar-refractivity contribution in [3.05, 3.63) is 17.1 Å². The average Bonchev–Trinajstić information content (AvgIpc) is 2.99. The number of aromatic nitrogens is 3. The first-order valence-corrected chi connectivity index (χ1v) is 10.4. The van der Waals surface area contributed by atoms with Gasteiger partial charge in [-0.3, -0.25) is 0 Å². The summed E-state index contributed by atoms with van der Waals surface area (Å²) in [6.07, 6.45) is 2.09. The SMILES string of the molecule is CNS(=O)(=O)CCCCCn1c(C(C)OC)nc2c(N)nc(C)c(C)c21. The number of rotatable bonds is 9. The van der Waals surface area contributed by atoms with Crippen molar-refractivity contribution >= 4 is 26.9 Å². The molecule has 0 aromatic carbocycles. The second kappa shape index (κ2) is 8.32. The summed E-state index contributed by atoms with van der Waals surface area (Å²) < 4.78 is 33.0. The zero-order chi connectivity index (χ0) is 19.5. The largest absolute Gasteiger partial charge is 0.382 e. The fraction of sp³-hybridized carbons (Fsp3) is 0.647. The van der Waals surface area contributed by atoms with E-state index in [0.717, 1.165) is 42.0 Å². The molecule has 0 aliphatic heterocycles. The molecule has 26 heavy (non-hydrogen) atoms. The fourth-order valence-electron chi connectivity index (χ4n) is 3.00. The molecule has 9 heteroatoms. The van der Waals surface area contributed by atoms with Crippen LogP contribution in [0.3, 0.4) is 0 Å². The molecule has 0 saturated carbocycles. The Morgan fingerprint density at radius 1 is 1.23 bits per heavy atom. The lowest BCUT2D eigenvalue weighted by Crippen LogP contribution is -2.21. The van der Waals surface area contributed by atoms with Gasteiger partial charge in [-0.15, -0.1) is 0 Å². The van der Waals surface area contributed by atoms with E-state index in [-0.39, 0.29) is 11.9 Å². The van der Waals surface area contributed by atoms with Crippen LogP contribution in [0.2, 0.25) is 0 Å². The minimum absolute atomic E-state index is 0.143. The second-order valence-electron chi connectivity index (χ2n) is 6.49. The number of methoxy groups -OCH3 is 1. The molecule has 0 aliphatic carbocycles. The molecule has 8 nitrogen and oxygen atoms in total. The zero-order valence-electron chi connectivity index (χ0n) is 16.2. The third kappa shape index (κ3) is 4.33. The Bertz CT molecular complexity index is 876. The molecule has 1 unspecified atom stereocenters. The van der Waals surface area contributed by atoms with Crippen LogP contribution in [0.1, 0.15) is 49.4 Å². The highest BCUT2D eigenvalue weighted by Crippen LogP contribution is 2.29. The summed E-state index contributed by atoms with van der Waals surface area (Å²) in [6.45, 7) is 6.62. The highest BCUT2D eigenvalue weighted by atomic mass is 32.2. The summed E-state index contributed by atoms with van der Waals surface area (Å²) in [5.41, 5.74) is 9.70. The van der Waals surface area contributed by atoms with Gasteiger partial charge in [0.25, 0.3) is 0 Å². The Kier molecular flexibility index (Phi) is 6.59. The molecule has 0 bridgehead atoms. The lowest BCUT2D eigenvalue weighted by atomic mass is 10.2. The average molecular weight is 384 g/mol. The summed E-state index contributed by atoms with van der Waals surface area (Å²) >= 11 is 0. The predicted octanol–water partition coefficient (Wildman–Crippen LogP) is 2.06. The number of nitrogens with two attached hydrogens (primary N) is 1. The van der Waals surface area contributed by atoms with Crippen LogP contribution in [0.4, 0.5) is 5.82 Å². The van der Waals surface area contributed by atoms with Crippen molar-refractivity contribution in [1.29, 1.82) is 0 Å².